The molecule has 2 rings (SSSR count). The number of nitrogens with one attached hydrogen (secondary N) is 1. The van der Waals surface area contributed by atoms with E-state index in [4.69, 9.17) is 5.73 Å². The van der Waals surface area contributed by atoms with Crippen LogP contribution >= 0.6 is 15.9 Å². The molecule has 1 aromatic heterocycles. The minimum Gasteiger partial charge on any atom is -0.398 e. The number of halogens is 1. The van der Waals surface area contributed by atoms with Gasteiger partial charge in [0.25, 0.3) is 5.91 Å². The van der Waals surface area contributed by atoms with Crippen LogP contribution in [0.4, 0.5) is 5.69 Å². The van der Waals surface area contributed by atoms with Crippen molar-refractivity contribution in [2.24, 2.45) is 7.05 Å². The van der Waals surface area contributed by atoms with Crippen LogP contribution in [0.3, 0.4) is 0 Å². The molecule has 0 aliphatic carbocycles. The van der Waals surface area contributed by atoms with Gasteiger partial charge < -0.3 is 11.1 Å². The van der Waals surface area contributed by atoms with E-state index in [2.05, 4.69) is 26.3 Å². The highest BCUT2D eigenvalue weighted by molar-refractivity contribution is 9.10. The summed E-state index contributed by atoms with van der Waals surface area (Å²) < 4.78 is 2.62. The highest BCUT2D eigenvalue weighted by Gasteiger charge is 2.09. The average Bonchev–Trinajstić information content (AvgIpc) is 2.78. The van der Waals surface area contributed by atoms with Crippen molar-refractivity contribution in [3.05, 3.63) is 46.2 Å². The Kier molecular flexibility index (Phi) is 4.21. The summed E-state index contributed by atoms with van der Waals surface area (Å²) in [4.78, 5) is 12.0. The third kappa shape index (κ3) is 3.35. The fraction of sp³-hybridized carbons (Fsp3) is 0.231. The predicted molar refractivity (Wildman–Crippen MR) is 77.8 cm³/mol. The van der Waals surface area contributed by atoms with Crippen LogP contribution in [0.25, 0.3) is 0 Å². The number of aryl methyl sites for hydroxylation is 1. The second-order valence-corrected chi connectivity index (χ2v) is 5.10. The number of carbonyl (C=O) groups is 1. The molecule has 0 spiro atoms. The number of nitrogen functional groups attached to an aromatic ring is 1. The maximum atomic E-state index is 12.0. The monoisotopic (exact) mass is 322 g/mol. The molecule has 0 aliphatic heterocycles. The molecule has 0 atom stereocenters. The second kappa shape index (κ2) is 5.88. The number of anilines is 1. The number of amides is 1. The van der Waals surface area contributed by atoms with Gasteiger partial charge in [0, 0.05) is 42.1 Å². The Bertz CT molecular complexity index is 594. The summed E-state index contributed by atoms with van der Waals surface area (Å²) >= 11 is 3.33. The summed E-state index contributed by atoms with van der Waals surface area (Å²) in [6.07, 6.45) is 2.47. The zero-order chi connectivity index (χ0) is 13.8. The van der Waals surface area contributed by atoms with Crippen LogP contribution in [-0.2, 0) is 13.5 Å². The Hall–Kier alpha value is -1.82. The van der Waals surface area contributed by atoms with Crippen molar-refractivity contribution in [3.8, 4) is 0 Å². The summed E-state index contributed by atoms with van der Waals surface area (Å²) in [6, 6.07) is 7.16. The molecule has 19 heavy (non-hydrogen) atoms. The van der Waals surface area contributed by atoms with Crippen molar-refractivity contribution in [2.45, 2.75) is 6.42 Å². The van der Waals surface area contributed by atoms with Gasteiger partial charge in [0.05, 0.1) is 5.56 Å². The van der Waals surface area contributed by atoms with Gasteiger partial charge in [0.1, 0.15) is 0 Å². The van der Waals surface area contributed by atoms with E-state index < -0.39 is 0 Å². The molecule has 1 aromatic carbocycles. The van der Waals surface area contributed by atoms with Crippen molar-refractivity contribution in [1.82, 2.24) is 15.1 Å². The molecule has 0 radical (unpaired) electrons. The Morgan fingerprint density at radius 3 is 2.95 bits per heavy atom. The third-order valence-electron chi connectivity index (χ3n) is 2.85. The molecule has 0 saturated heterocycles. The Morgan fingerprint density at radius 1 is 1.47 bits per heavy atom. The lowest BCUT2D eigenvalue weighted by molar-refractivity contribution is 0.0955. The van der Waals surface area contributed by atoms with Crippen LogP contribution in [0.1, 0.15) is 16.1 Å². The van der Waals surface area contributed by atoms with Gasteiger partial charge in [-0.25, -0.2) is 0 Å². The normalized spacial score (nSPS) is 10.4. The smallest absolute Gasteiger partial charge is 0.253 e. The van der Waals surface area contributed by atoms with Crippen LogP contribution < -0.4 is 11.1 Å². The van der Waals surface area contributed by atoms with E-state index in [1.165, 1.54) is 0 Å². The van der Waals surface area contributed by atoms with E-state index in [-0.39, 0.29) is 5.91 Å². The Labute approximate surface area is 119 Å². The Morgan fingerprint density at radius 2 is 2.26 bits per heavy atom. The molecule has 6 heteroatoms. The van der Waals surface area contributed by atoms with Crippen LogP contribution in [0.15, 0.2) is 34.9 Å². The number of hydrogen-bond donors (Lipinski definition) is 2. The molecule has 0 saturated carbocycles. The van der Waals surface area contributed by atoms with Gasteiger partial charge in [-0.2, -0.15) is 5.10 Å². The predicted octanol–water partition coefficient (Wildman–Crippen LogP) is 1.74. The molecule has 100 valence electrons. The van der Waals surface area contributed by atoms with Gasteiger partial charge in [-0.05, 0) is 24.3 Å². The number of nitrogens with two attached hydrogens (primary N) is 1. The quantitative estimate of drug-likeness (QED) is 0.842. The van der Waals surface area contributed by atoms with Crippen LogP contribution in [0, 0.1) is 0 Å². The number of nitrogens with zero attached hydrogens (tertiary/aromatic N) is 2. The van der Waals surface area contributed by atoms with E-state index in [9.17, 15) is 4.79 Å². The molecular weight excluding hydrogens is 308 g/mol. The first-order chi connectivity index (χ1) is 9.08. The van der Waals surface area contributed by atoms with Gasteiger partial charge in [-0.3, -0.25) is 9.48 Å². The fourth-order valence-corrected chi connectivity index (χ4v) is 2.13. The number of rotatable bonds is 4. The van der Waals surface area contributed by atoms with E-state index in [1.54, 1.807) is 23.0 Å². The van der Waals surface area contributed by atoms with Crippen LogP contribution in [0.2, 0.25) is 0 Å². The zero-order valence-corrected chi connectivity index (χ0v) is 12.1. The summed E-state index contributed by atoms with van der Waals surface area (Å²) in [5.74, 6) is -0.166. The Balaban J connectivity index is 1.94. The lowest BCUT2D eigenvalue weighted by Crippen LogP contribution is -2.27. The van der Waals surface area contributed by atoms with Crippen LogP contribution in [0.5, 0.6) is 0 Å². The van der Waals surface area contributed by atoms with Crippen molar-refractivity contribution in [3.63, 3.8) is 0 Å². The number of benzene rings is 1. The summed E-state index contributed by atoms with van der Waals surface area (Å²) in [5.41, 5.74) is 7.82. The summed E-state index contributed by atoms with van der Waals surface area (Å²) in [7, 11) is 1.88. The topological polar surface area (TPSA) is 72.9 Å². The first-order valence-electron chi connectivity index (χ1n) is 5.88. The van der Waals surface area contributed by atoms with Crippen molar-refractivity contribution < 1.29 is 4.79 Å². The lowest BCUT2D eigenvalue weighted by Gasteiger charge is -2.08. The van der Waals surface area contributed by atoms with E-state index in [1.807, 2.05) is 19.2 Å². The maximum Gasteiger partial charge on any atom is 0.253 e. The standard InChI is InChI=1S/C13H15BrN4O/c1-18-10(5-7-17-18)4-6-16-13(19)11-8-9(14)2-3-12(11)15/h2-3,5,7-8H,4,6,15H2,1H3,(H,16,19). The molecule has 5 nitrogen and oxygen atoms in total. The fourth-order valence-electron chi connectivity index (χ4n) is 1.77. The highest BCUT2D eigenvalue weighted by Crippen LogP contribution is 2.18. The average molecular weight is 323 g/mol. The molecule has 1 heterocycles. The van der Waals surface area contributed by atoms with Crippen molar-refractivity contribution in [2.75, 3.05) is 12.3 Å². The molecule has 1 amide bonds. The van der Waals surface area contributed by atoms with E-state index in [0.29, 0.717) is 17.8 Å². The summed E-state index contributed by atoms with van der Waals surface area (Å²) in [6.45, 7) is 0.546. The first kappa shape index (κ1) is 13.6. The third-order valence-corrected chi connectivity index (χ3v) is 3.34. The van der Waals surface area contributed by atoms with Gasteiger partial charge in [0.2, 0.25) is 0 Å². The van der Waals surface area contributed by atoms with Gasteiger partial charge in [-0.15, -0.1) is 0 Å². The molecule has 2 aromatic rings. The summed E-state index contributed by atoms with van der Waals surface area (Å²) in [5, 5.41) is 6.93. The SMILES string of the molecule is Cn1nccc1CCNC(=O)c1cc(Br)ccc1N. The van der Waals surface area contributed by atoms with Crippen molar-refractivity contribution in [1.29, 1.82) is 0 Å². The van der Waals surface area contributed by atoms with Gasteiger partial charge in [-0.1, -0.05) is 15.9 Å². The molecule has 3 N–H and O–H groups in total. The van der Waals surface area contributed by atoms with E-state index >= 15 is 0 Å². The van der Waals surface area contributed by atoms with Gasteiger partial charge in [0.15, 0.2) is 0 Å². The minimum absolute atomic E-state index is 0.166. The van der Waals surface area contributed by atoms with Crippen LogP contribution in [-0.4, -0.2) is 22.2 Å². The molecule has 0 unspecified atom stereocenters. The highest BCUT2D eigenvalue weighted by atomic mass is 79.9. The van der Waals surface area contributed by atoms with Gasteiger partial charge >= 0.3 is 0 Å². The minimum atomic E-state index is -0.166. The lowest BCUT2D eigenvalue weighted by atomic mass is 10.1. The maximum absolute atomic E-state index is 12.0. The molecular formula is C13H15BrN4O. The van der Waals surface area contributed by atoms with E-state index in [0.717, 1.165) is 16.6 Å². The number of aromatic nitrogens is 2. The number of carbonyl (C=O) groups excluding carboxylic acids is 1. The zero-order valence-electron chi connectivity index (χ0n) is 10.6. The second-order valence-electron chi connectivity index (χ2n) is 4.18. The number of hydrogen-bond acceptors (Lipinski definition) is 3. The molecule has 0 fully saturated rings. The largest absolute Gasteiger partial charge is 0.398 e. The van der Waals surface area contributed by atoms with Crippen molar-refractivity contribution >= 4 is 27.5 Å². The molecule has 0 aliphatic rings. The molecule has 0 bridgehead atoms. The first-order valence-corrected chi connectivity index (χ1v) is 6.67.